The number of hydrogen-bond acceptors (Lipinski definition) is 5. The van der Waals surface area contributed by atoms with E-state index >= 15 is 0 Å². The van der Waals surface area contributed by atoms with Gasteiger partial charge in [-0.15, -0.1) is 23.1 Å². The molecule has 1 aliphatic heterocycles. The van der Waals surface area contributed by atoms with Gasteiger partial charge in [-0.2, -0.15) is 0 Å². The number of carbonyl (C=O) groups excluding carboxylic acids is 2. The van der Waals surface area contributed by atoms with Crippen LogP contribution >= 0.6 is 23.1 Å². The van der Waals surface area contributed by atoms with Crippen molar-refractivity contribution in [3.05, 3.63) is 35.3 Å². The van der Waals surface area contributed by atoms with E-state index in [1.165, 1.54) is 37.0 Å². The van der Waals surface area contributed by atoms with Crippen molar-refractivity contribution in [3.8, 4) is 0 Å². The lowest BCUT2D eigenvalue weighted by Gasteiger charge is -2.14. The Morgan fingerprint density at radius 3 is 2.93 bits per heavy atom. The number of nitrogens with one attached hydrogen (secondary N) is 2. The molecule has 1 saturated heterocycles. The summed E-state index contributed by atoms with van der Waals surface area (Å²) in [6.45, 7) is 1.24. The average molecular weight is 403 g/mol. The molecular formula is C19H22N4O2S2. The van der Waals surface area contributed by atoms with E-state index in [0.717, 1.165) is 10.6 Å². The van der Waals surface area contributed by atoms with Crippen molar-refractivity contribution in [2.75, 3.05) is 23.3 Å². The minimum absolute atomic E-state index is 0.0859. The highest BCUT2D eigenvalue weighted by Crippen LogP contribution is 2.38. The van der Waals surface area contributed by atoms with Crippen LogP contribution in [0.5, 0.6) is 0 Å². The van der Waals surface area contributed by atoms with Crippen molar-refractivity contribution >= 4 is 45.9 Å². The zero-order chi connectivity index (χ0) is 18.6. The SMILES string of the molecule is O=C(Cc1csc(N2CCNC2=O)n1)Nc1ccccc1SC1CCCC1. The Labute approximate surface area is 166 Å². The summed E-state index contributed by atoms with van der Waals surface area (Å²) in [7, 11) is 0. The number of benzene rings is 1. The van der Waals surface area contributed by atoms with Crippen LogP contribution < -0.4 is 15.5 Å². The van der Waals surface area contributed by atoms with Crippen LogP contribution in [-0.4, -0.2) is 35.3 Å². The average Bonchev–Trinajstić information content (AvgIpc) is 3.39. The predicted molar refractivity (Wildman–Crippen MR) is 110 cm³/mol. The van der Waals surface area contributed by atoms with Gasteiger partial charge in [0.25, 0.3) is 0 Å². The number of rotatable bonds is 6. The Bertz CT molecular complexity index is 833. The first-order chi connectivity index (χ1) is 13.2. The molecule has 1 aromatic carbocycles. The van der Waals surface area contributed by atoms with Gasteiger partial charge < -0.3 is 10.6 Å². The minimum atomic E-state index is -0.127. The molecule has 8 heteroatoms. The molecule has 2 aliphatic rings. The number of nitrogens with zero attached hydrogens (tertiary/aromatic N) is 2. The molecular weight excluding hydrogens is 380 g/mol. The summed E-state index contributed by atoms with van der Waals surface area (Å²) in [5, 5.41) is 8.93. The van der Waals surface area contributed by atoms with Crippen molar-refractivity contribution in [1.29, 1.82) is 0 Å². The molecule has 0 atom stereocenters. The van der Waals surface area contributed by atoms with Crippen molar-refractivity contribution in [2.45, 2.75) is 42.2 Å². The van der Waals surface area contributed by atoms with E-state index in [2.05, 4.69) is 21.7 Å². The predicted octanol–water partition coefficient (Wildman–Crippen LogP) is 3.89. The fraction of sp³-hybridized carbons (Fsp3) is 0.421. The number of para-hydroxylation sites is 1. The van der Waals surface area contributed by atoms with Gasteiger partial charge in [0.05, 0.1) is 17.8 Å². The zero-order valence-electron chi connectivity index (χ0n) is 14.9. The number of thioether (sulfide) groups is 1. The number of urea groups is 1. The van der Waals surface area contributed by atoms with Crippen molar-refractivity contribution in [1.82, 2.24) is 10.3 Å². The standard InChI is InChI=1S/C19H22N4O2S2/c24-17(11-13-12-26-19(21-13)23-10-9-20-18(23)25)22-15-7-3-4-8-16(15)27-14-5-1-2-6-14/h3-4,7-8,12,14H,1-2,5-6,9-11H2,(H,20,25)(H,22,24). The number of aromatic nitrogens is 1. The Morgan fingerprint density at radius 2 is 2.15 bits per heavy atom. The molecule has 142 valence electrons. The fourth-order valence-corrected chi connectivity index (χ4v) is 5.55. The van der Waals surface area contributed by atoms with Gasteiger partial charge >= 0.3 is 6.03 Å². The Balaban J connectivity index is 1.38. The number of thiazole rings is 1. The molecule has 1 saturated carbocycles. The summed E-state index contributed by atoms with van der Waals surface area (Å²) in [4.78, 5) is 31.4. The lowest BCUT2D eigenvalue weighted by atomic mass is 10.3. The Kier molecular flexibility index (Phi) is 5.63. The van der Waals surface area contributed by atoms with E-state index in [9.17, 15) is 9.59 Å². The molecule has 2 heterocycles. The van der Waals surface area contributed by atoms with Crippen molar-refractivity contribution < 1.29 is 9.59 Å². The number of anilines is 2. The molecule has 0 unspecified atom stereocenters. The third-order valence-corrected chi connectivity index (χ3v) is 7.05. The maximum atomic E-state index is 12.5. The third kappa shape index (κ3) is 4.44. The normalized spacial score (nSPS) is 17.3. The molecule has 0 radical (unpaired) electrons. The highest BCUT2D eigenvalue weighted by molar-refractivity contribution is 8.00. The number of carbonyl (C=O) groups is 2. The lowest BCUT2D eigenvalue weighted by Crippen LogP contribution is -2.27. The van der Waals surface area contributed by atoms with Crippen LogP contribution in [0, 0.1) is 0 Å². The van der Waals surface area contributed by atoms with E-state index in [-0.39, 0.29) is 18.4 Å². The zero-order valence-corrected chi connectivity index (χ0v) is 16.6. The second-order valence-corrected chi connectivity index (χ2v) is 8.93. The van der Waals surface area contributed by atoms with Gasteiger partial charge in [0.15, 0.2) is 5.13 Å². The molecule has 0 spiro atoms. The first-order valence-electron chi connectivity index (χ1n) is 9.24. The monoisotopic (exact) mass is 402 g/mol. The molecule has 6 nitrogen and oxygen atoms in total. The van der Waals surface area contributed by atoms with E-state index in [1.54, 1.807) is 4.90 Å². The van der Waals surface area contributed by atoms with Crippen molar-refractivity contribution in [2.24, 2.45) is 0 Å². The van der Waals surface area contributed by atoms with E-state index in [1.807, 2.05) is 35.3 Å². The maximum absolute atomic E-state index is 12.5. The van der Waals surface area contributed by atoms with Gasteiger partial charge in [0.1, 0.15) is 0 Å². The van der Waals surface area contributed by atoms with Crippen LogP contribution in [0.1, 0.15) is 31.4 Å². The summed E-state index contributed by atoms with van der Waals surface area (Å²) >= 11 is 3.26. The van der Waals surface area contributed by atoms with Gasteiger partial charge in [-0.25, -0.2) is 9.78 Å². The summed E-state index contributed by atoms with van der Waals surface area (Å²) in [5.41, 5.74) is 1.56. The van der Waals surface area contributed by atoms with E-state index < -0.39 is 0 Å². The molecule has 2 fully saturated rings. The van der Waals surface area contributed by atoms with Gasteiger partial charge in [0.2, 0.25) is 5.91 Å². The summed E-state index contributed by atoms with van der Waals surface area (Å²) in [5.74, 6) is -0.0859. The van der Waals surface area contributed by atoms with Crippen molar-refractivity contribution in [3.63, 3.8) is 0 Å². The largest absolute Gasteiger partial charge is 0.336 e. The Hall–Kier alpha value is -2.06. The maximum Gasteiger partial charge on any atom is 0.323 e. The fourth-order valence-electron chi connectivity index (χ4n) is 3.37. The van der Waals surface area contributed by atoms with Crippen LogP contribution in [0.4, 0.5) is 15.6 Å². The summed E-state index contributed by atoms with van der Waals surface area (Å²) < 4.78 is 0. The first kappa shape index (κ1) is 18.3. The highest BCUT2D eigenvalue weighted by atomic mass is 32.2. The van der Waals surface area contributed by atoms with Gasteiger partial charge in [0, 0.05) is 28.6 Å². The minimum Gasteiger partial charge on any atom is -0.336 e. The molecule has 3 amide bonds. The van der Waals surface area contributed by atoms with Crippen LogP contribution in [0.2, 0.25) is 0 Å². The number of amides is 3. The van der Waals surface area contributed by atoms with E-state index in [4.69, 9.17) is 0 Å². The van der Waals surface area contributed by atoms with Gasteiger partial charge in [-0.1, -0.05) is 25.0 Å². The summed E-state index contributed by atoms with van der Waals surface area (Å²) in [6, 6.07) is 7.86. The summed E-state index contributed by atoms with van der Waals surface area (Å²) in [6.07, 6.45) is 5.30. The molecule has 1 aromatic heterocycles. The molecule has 1 aliphatic carbocycles. The third-order valence-electron chi connectivity index (χ3n) is 4.73. The smallest absolute Gasteiger partial charge is 0.323 e. The first-order valence-corrected chi connectivity index (χ1v) is 11.0. The molecule has 2 N–H and O–H groups in total. The molecule has 2 aromatic rings. The topological polar surface area (TPSA) is 74.3 Å². The highest BCUT2D eigenvalue weighted by Gasteiger charge is 2.24. The number of hydrogen-bond donors (Lipinski definition) is 2. The van der Waals surface area contributed by atoms with Gasteiger partial charge in [-0.05, 0) is 25.0 Å². The van der Waals surface area contributed by atoms with Crippen LogP contribution in [-0.2, 0) is 11.2 Å². The second kappa shape index (κ2) is 8.31. The van der Waals surface area contributed by atoms with Gasteiger partial charge in [-0.3, -0.25) is 9.69 Å². The van der Waals surface area contributed by atoms with Crippen LogP contribution in [0.3, 0.4) is 0 Å². The molecule has 27 heavy (non-hydrogen) atoms. The second-order valence-electron chi connectivity index (χ2n) is 6.75. The lowest BCUT2D eigenvalue weighted by molar-refractivity contribution is -0.115. The molecule has 0 bridgehead atoms. The Morgan fingerprint density at radius 1 is 1.33 bits per heavy atom. The van der Waals surface area contributed by atoms with Crippen LogP contribution in [0.25, 0.3) is 0 Å². The quantitative estimate of drug-likeness (QED) is 0.769. The van der Waals surface area contributed by atoms with E-state index in [0.29, 0.717) is 29.2 Å². The van der Waals surface area contributed by atoms with Crippen LogP contribution in [0.15, 0.2) is 34.5 Å². The molecule has 4 rings (SSSR count).